The van der Waals surface area contributed by atoms with Gasteiger partial charge in [-0.1, -0.05) is 23.2 Å². The number of nitrogens with zero attached hydrogens (tertiary/aromatic N) is 1. The first-order valence-corrected chi connectivity index (χ1v) is 7.91. The maximum absolute atomic E-state index is 14.7. The van der Waals surface area contributed by atoms with Crippen LogP contribution in [-0.4, -0.2) is 30.6 Å². The number of amides is 1. The van der Waals surface area contributed by atoms with Gasteiger partial charge >= 0.3 is 12.6 Å². The largest absolute Gasteiger partial charge is 0.464 e. The Balaban J connectivity index is 2.71. The van der Waals surface area contributed by atoms with Crippen LogP contribution in [-0.2, 0) is 9.53 Å². The summed E-state index contributed by atoms with van der Waals surface area (Å²) in [6.07, 6.45) is 0. The number of rotatable bonds is 5. The van der Waals surface area contributed by atoms with Gasteiger partial charge in [0, 0.05) is 12.5 Å². The lowest BCUT2D eigenvalue weighted by Gasteiger charge is -2.14. The molecular weight excluding hydrogens is 412 g/mol. The van der Waals surface area contributed by atoms with Crippen LogP contribution in [0.25, 0.3) is 11.3 Å². The molecule has 6 nitrogen and oxygen atoms in total. The zero-order chi connectivity index (χ0) is 20.3. The minimum Gasteiger partial charge on any atom is -0.464 e. The Bertz CT molecular complexity index is 910. The van der Waals surface area contributed by atoms with E-state index >= 15 is 0 Å². The number of nitrogens with one attached hydrogen (secondary N) is 1. The number of pyridine rings is 1. The lowest BCUT2D eigenvalue weighted by molar-refractivity contribution is -0.114. The summed E-state index contributed by atoms with van der Waals surface area (Å²) in [5.41, 5.74) is -0.980. The molecule has 11 heteroatoms. The van der Waals surface area contributed by atoms with Crippen LogP contribution in [0.1, 0.15) is 17.4 Å². The third-order valence-corrected chi connectivity index (χ3v) is 3.86. The number of methoxy groups -OCH3 is 1. The number of esters is 1. The Labute approximate surface area is 161 Å². The van der Waals surface area contributed by atoms with Crippen molar-refractivity contribution in [2.45, 2.75) is 13.5 Å². The fourth-order valence-corrected chi connectivity index (χ4v) is 2.52. The molecule has 0 atom stereocenters. The molecule has 0 saturated heterocycles. The van der Waals surface area contributed by atoms with Gasteiger partial charge in [-0.25, -0.2) is 14.2 Å². The Hall–Kier alpha value is -2.52. The molecule has 1 amide bonds. The lowest BCUT2D eigenvalue weighted by Crippen LogP contribution is -2.12. The molecule has 0 radical (unpaired) electrons. The van der Waals surface area contributed by atoms with Gasteiger partial charge in [-0.2, -0.15) is 8.78 Å². The lowest BCUT2D eigenvalue weighted by atomic mass is 10.1. The Morgan fingerprint density at radius 2 is 1.93 bits per heavy atom. The molecule has 0 aliphatic heterocycles. The molecule has 0 fully saturated rings. The highest BCUT2D eigenvalue weighted by atomic mass is 35.5. The van der Waals surface area contributed by atoms with E-state index in [9.17, 15) is 22.8 Å². The maximum atomic E-state index is 14.7. The van der Waals surface area contributed by atoms with Crippen molar-refractivity contribution in [3.63, 3.8) is 0 Å². The zero-order valence-corrected chi connectivity index (χ0v) is 15.3. The molecule has 2 aromatic rings. The molecule has 0 aliphatic rings. The van der Waals surface area contributed by atoms with Crippen LogP contribution >= 0.6 is 23.2 Å². The van der Waals surface area contributed by atoms with E-state index in [1.807, 2.05) is 0 Å². The minimum absolute atomic E-state index is 0.0553. The summed E-state index contributed by atoms with van der Waals surface area (Å²) in [7, 11) is 1.07. The van der Waals surface area contributed by atoms with Crippen molar-refractivity contribution in [3.8, 4) is 17.0 Å². The van der Waals surface area contributed by atoms with E-state index in [0.717, 1.165) is 25.3 Å². The molecule has 0 unspecified atom stereocenters. The second-order valence-corrected chi connectivity index (χ2v) is 5.79. The summed E-state index contributed by atoms with van der Waals surface area (Å²) in [4.78, 5) is 27.1. The van der Waals surface area contributed by atoms with Crippen LogP contribution < -0.4 is 10.1 Å². The summed E-state index contributed by atoms with van der Waals surface area (Å²) < 4.78 is 48.3. The van der Waals surface area contributed by atoms with Crippen molar-refractivity contribution < 1.29 is 32.2 Å². The van der Waals surface area contributed by atoms with Crippen molar-refractivity contribution in [3.05, 3.63) is 39.8 Å². The standard InChI is InChI=1S/C16H11Cl2F3N2O4/c1-6(24)22-10-5-9(23-13(11(10)18)15(25)26-2)7-3-4-8(17)14(12(7)19)27-16(20)21/h3-5,16H,1-2H3,(H,22,23,24). The van der Waals surface area contributed by atoms with Crippen LogP contribution in [0.15, 0.2) is 18.2 Å². The molecular formula is C16H11Cl2F3N2O4. The molecule has 0 aliphatic carbocycles. The molecule has 0 saturated carbocycles. The van der Waals surface area contributed by atoms with E-state index in [2.05, 4.69) is 19.8 Å². The van der Waals surface area contributed by atoms with Crippen LogP contribution in [0.4, 0.5) is 18.9 Å². The van der Waals surface area contributed by atoms with Gasteiger partial charge in [-0.3, -0.25) is 4.79 Å². The number of anilines is 1. The van der Waals surface area contributed by atoms with Gasteiger partial charge in [0.15, 0.2) is 17.3 Å². The van der Waals surface area contributed by atoms with Gasteiger partial charge < -0.3 is 14.8 Å². The second kappa shape index (κ2) is 8.45. The number of hydrogen-bond donors (Lipinski definition) is 1. The SMILES string of the molecule is COC(=O)c1nc(-c2ccc(Cl)c(OC(F)F)c2F)cc(NC(C)=O)c1Cl. The van der Waals surface area contributed by atoms with Crippen LogP contribution in [0.3, 0.4) is 0 Å². The van der Waals surface area contributed by atoms with E-state index in [-0.39, 0.29) is 27.0 Å². The van der Waals surface area contributed by atoms with Crippen molar-refractivity contribution in [1.29, 1.82) is 0 Å². The molecule has 0 spiro atoms. The fraction of sp³-hybridized carbons (Fsp3) is 0.188. The number of alkyl halides is 2. The number of aromatic nitrogens is 1. The number of hydrogen-bond acceptors (Lipinski definition) is 5. The predicted octanol–water partition coefficient (Wildman–Crippen LogP) is 4.54. The highest BCUT2D eigenvalue weighted by Gasteiger charge is 2.23. The monoisotopic (exact) mass is 422 g/mol. The van der Waals surface area contributed by atoms with Gasteiger partial charge in [-0.15, -0.1) is 0 Å². The highest BCUT2D eigenvalue weighted by molar-refractivity contribution is 6.36. The zero-order valence-electron chi connectivity index (χ0n) is 13.8. The summed E-state index contributed by atoms with van der Waals surface area (Å²) in [5, 5.41) is 1.74. The summed E-state index contributed by atoms with van der Waals surface area (Å²) in [6, 6.07) is 3.42. The number of ether oxygens (including phenoxy) is 2. The van der Waals surface area contributed by atoms with E-state index in [1.54, 1.807) is 0 Å². The van der Waals surface area contributed by atoms with E-state index in [0.29, 0.717) is 0 Å². The first-order chi connectivity index (χ1) is 12.6. The summed E-state index contributed by atoms with van der Waals surface area (Å²) in [6.45, 7) is -2.13. The predicted molar refractivity (Wildman–Crippen MR) is 91.9 cm³/mol. The first kappa shape index (κ1) is 20.8. The molecule has 2 rings (SSSR count). The van der Waals surface area contributed by atoms with Crippen LogP contribution in [0.2, 0.25) is 10.0 Å². The molecule has 1 N–H and O–H groups in total. The normalized spacial score (nSPS) is 10.7. The van der Waals surface area contributed by atoms with E-state index < -0.39 is 35.7 Å². The number of carbonyl (C=O) groups is 2. The average Bonchev–Trinajstić information content (AvgIpc) is 2.59. The van der Waals surface area contributed by atoms with Gasteiger partial charge in [0.1, 0.15) is 0 Å². The maximum Gasteiger partial charge on any atom is 0.387 e. The minimum atomic E-state index is -3.31. The van der Waals surface area contributed by atoms with Crippen molar-refractivity contribution in [2.24, 2.45) is 0 Å². The summed E-state index contributed by atoms with van der Waals surface area (Å²) >= 11 is 11.7. The van der Waals surface area contributed by atoms with Gasteiger partial charge in [0.25, 0.3) is 0 Å². The van der Waals surface area contributed by atoms with Crippen molar-refractivity contribution >= 4 is 40.8 Å². The number of benzene rings is 1. The Kier molecular flexibility index (Phi) is 6.50. The van der Waals surface area contributed by atoms with Gasteiger partial charge in [0.05, 0.1) is 28.5 Å². The fourth-order valence-electron chi connectivity index (χ4n) is 2.11. The Morgan fingerprint density at radius 1 is 1.26 bits per heavy atom. The molecule has 1 heterocycles. The molecule has 27 heavy (non-hydrogen) atoms. The topological polar surface area (TPSA) is 77.5 Å². The summed E-state index contributed by atoms with van der Waals surface area (Å²) in [5.74, 6) is -3.60. The van der Waals surface area contributed by atoms with E-state index in [4.69, 9.17) is 23.2 Å². The third kappa shape index (κ3) is 4.61. The van der Waals surface area contributed by atoms with Crippen LogP contribution in [0, 0.1) is 5.82 Å². The molecule has 1 aromatic heterocycles. The van der Waals surface area contributed by atoms with Gasteiger partial charge in [-0.05, 0) is 18.2 Å². The van der Waals surface area contributed by atoms with Crippen molar-refractivity contribution in [1.82, 2.24) is 4.98 Å². The average molecular weight is 423 g/mol. The smallest absolute Gasteiger partial charge is 0.387 e. The quantitative estimate of drug-likeness (QED) is 0.715. The first-order valence-electron chi connectivity index (χ1n) is 7.15. The van der Waals surface area contributed by atoms with Crippen molar-refractivity contribution in [2.75, 3.05) is 12.4 Å². The molecule has 0 bridgehead atoms. The third-order valence-electron chi connectivity index (χ3n) is 3.18. The van der Waals surface area contributed by atoms with E-state index in [1.165, 1.54) is 6.92 Å². The Morgan fingerprint density at radius 3 is 2.48 bits per heavy atom. The van der Waals surface area contributed by atoms with Crippen LogP contribution in [0.5, 0.6) is 5.75 Å². The second-order valence-electron chi connectivity index (χ2n) is 5.01. The highest BCUT2D eigenvalue weighted by Crippen LogP contribution is 2.37. The number of halogens is 5. The molecule has 144 valence electrons. The number of carbonyl (C=O) groups excluding carboxylic acids is 2. The van der Waals surface area contributed by atoms with Gasteiger partial charge in [0.2, 0.25) is 5.91 Å². The molecule has 1 aromatic carbocycles.